The van der Waals surface area contributed by atoms with Crippen LogP contribution in [-0.4, -0.2) is 78.9 Å². The van der Waals surface area contributed by atoms with Crippen LogP contribution >= 0.6 is 0 Å². The summed E-state index contributed by atoms with van der Waals surface area (Å²) in [5, 5.41) is 15.4. The van der Waals surface area contributed by atoms with E-state index in [1.807, 2.05) is 12.1 Å². The van der Waals surface area contributed by atoms with Gasteiger partial charge in [0.25, 0.3) is 31.1 Å². The van der Waals surface area contributed by atoms with Crippen LogP contribution in [0.5, 0.6) is 0 Å². The molecule has 0 fully saturated rings. The maximum absolute atomic E-state index is 13.8. The van der Waals surface area contributed by atoms with Crippen molar-refractivity contribution < 1.29 is 55.0 Å². The van der Waals surface area contributed by atoms with Crippen molar-refractivity contribution in [2.24, 2.45) is 14.1 Å². The number of rotatable bonds is 10. The third-order valence-corrected chi connectivity index (χ3v) is 13.2. The number of anilines is 3. The van der Waals surface area contributed by atoms with E-state index in [4.69, 9.17) is 15.2 Å². The van der Waals surface area contributed by atoms with Gasteiger partial charge in [0.2, 0.25) is 11.6 Å². The van der Waals surface area contributed by atoms with Crippen molar-refractivity contribution in [2.75, 3.05) is 16.4 Å². The minimum atomic E-state index is -2.73. The predicted molar refractivity (Wildman–Crippen MR) is 319 cm³/mol. The van der Waals surface area contributed by atoms with Crippen LogP contribution in [0, 0.1) is 0 Å². The van der Waals surface area contributed by atoms with Crippen LogP contribution in [0.4, 0.5) is 53.0 Å². The number of nitrogen functional groups attached to an aromatic ring is 1. The lowest BCUT2D eigenvalue weighted by Crippen LogP contribution is -2.27. The van der Waals surface area contributed by atoms with Crippen LogP contribution in [0.3, 0.4) is 0 Å². The van der Waals surface area contributed by atoms with Gasteiger partial charge in [0.15, 0.2) is 0 Å². The van der Waals surface area contributed by atoms with Crippen molar-refractivity contribution in [3.8, 4) is 33.8 Å². The van der Waals surface area contributed by atoms with Gasteiger partial charge in [0, 0.05) is 91.9 Å². The Hall–Kier alpha value is -10.5. The number of carbonyl (C=O) groups is 4. The lowest BCUT2D eigenvalue weighted by Gasteiger charge is -2.21. The predicted octanol–water partition coefficient (Wildman–Crippen LogP) is 15.2. The highest BCUT2D eigenvalue weighted by Crippen LogP contribution is 2.39. The standard InChI is InChI=1S/C24H23F2N5O3.C20H20F2N2O2.C19H15F2N5O/c1-24(2,3)34-23(33)31-18-12-15(29-22(32)21-27-13-28-30(21)4)10-9-14(18)11-19(31)16-7-5-6-8-17(16)20(25)26;1-20(2,3)26-19(25)24-16-11-13(23)9-8-12(16)10-17(24)14-6-4-5-7-15(14)18(21)22;1-26-18(22-10-23-26)19(27)24-12-7-6-11-8-16(25-15(11)9-12)13-4-2-3-5-14(13)17(20)21/h5-13,20H,1-4H3,(H,29,32);4-11,18H,23H2,1-3H3;2-10,17,25H,1H3,(H,24,27). The third kappa shape index (κ3) is 13.9. The topological polar surface area (TPSA) is 224 Å². The number of H-pyrrole nitrogens is 1. The third-order valence-electron chi connectivity index (χ3n) is 13.2. The molecule has 6 aromatic carbocycles. The van der Waals surface area contributed by atoms with Crippen molar-refractivity contribution in [1.29, 1.82) is 0 Å². The van der Waals surface area contributed by atoms with Gasteiger partial charge >= 0.3 is 12.2 Å². The molecule has 0 radical (unpaired) electrons. The molecular weight excluding hydrogens is 1130 g/mol. The highest BCUT2D eigenvalue weighted by atomic mass is 19.3. The summed E-state index contributed by atoms with van der Waals surface area (Å²) in [5.74, 6) is -0.579. The molecule has 0 unspecified atom stereocenters. The molecule has 24 heteroatoms. The Kier molecular flexibility index (Phi) is 17.5. The van der Waals surface area contributed by atoms with Gasteiger partial charge in [0.1, 0.15) is 23.9 Å². The van der Waals surface area contributed by atoms with Crippen LogP contribution in [0.25, 0.3) is 66.5 Å². The van der Waals surface area contributed by atoms with Crippen molar-refractivity contribution in [2.45, 2.75) is 72.0 Å². The number of aromatic nitrogens is 9. The normalized spacial score (nSPS) is 11.6. The molecule has 0 bridgehead atoms. The number of hydrogen-bond acceptors (Lipinski definition) is 11. The Morgan fingerprint density at radius 3 is 1.34 bits per heavy atom. The van der Waals surface area contributed by atoms with Crippen molar-refractivity contribution in [3.63, 3.8) is 0 Å². The number of carbonyl (C=O) groups excluding carboxylic acids is 4. The second-order valence-corrected chi connectivity index (χ2v) is 21.8. The molecule has 87 heavy (non-hydrogen) atoms. The van der Waals surface area contributed by atoms with Gasteiger partial charge in [-0.25, -0.2) is 64.4 Å². The number of halogens is 6. The van der Waals surface area contributed by atoms with Crippen LogP contribution in [-0.2, 0) is 23.6 Å². The Balaban J connectivity index is 0.000000157. The number of alkyl halides is 6. The van der Waals surface area contributed by atoms with Crippen LogP contribution in [0.2, 0.25) is 0 Å². The van der Waals surface area contributed by atoms with E-state index in [1.54, 1.807) is 159 Å². The summed E-state index contributed by atoms with van der Waals surface area (Å²) in [6.45, 7) is 10.4. The van der Waals surface area contributed by atoms with E-state index in [0.717, 1.165) is 10.9 Å². The molecule has 0 atom stereocenters. The molecule has 0 saturated carbocycles. The van der Waals surface area contributed by atoms with Gasteiger partial charge in [-0.3, -0.25) is 9.59 Å². The Morgan fingerprint density at radius 2 is 0.908 bits per heavy atom. The van der Waals surface area contributed by atoms with Crippen molar-refractivity contribution in [1.82, 2.24) is 43.6 Å². The number of nitrogens with zero attached hydrogens (tertiary/aromatic N) is 8. The van der Waals surface area contributed by atoms with E-state index in [1.165, 1.54) is 61.5 Å². The molecule has 5 aromatic heterocycles. The molecule has 448 valence electrons. The number of aromatic amines is 1. The van der Waals surface area contributed by atoms with Gasteiger partial charge < -0.3 is 30.8 Å². The van der Waals surface area contributed by atoms with Crippen LogP contribution in [0.1, 0.15) is 98.7 Å². The summed E-state index contributed by atoms with van der Waals surface area (Å²) in [6.07, 6.45) is -6.76. The number of nitrogens with one attached hydrogen (secondary N) is 3. The van der Waals surface area contributed by atoms with Crippen LogP contribution in [0.15, 0.2) is 158 Å². The Morgan fingerprint density at radius 1 is 0.506 bits per heavy atom. The fraction of sp³-hybridized carbons (Fsp3) is 0.206. The first kappa shape index (κ1) is 61.1. The first-order valence-corrected chi connectivity index (χ1v) is 26.8. The molecule has 5 N–H and O–H groups in total. The van der Waals surface area contributed by atoms with Gasteiger partial charge in [-0.1, -0.05) is 91.0 Å². The monoisotopic (exact) mass is 1190 g/mol. The summed E-state index contributed by atoms with van der Waals surface area (Å²) in [4.78, 5) is 61.8. The second-order valence-electron chi connectivity index (χ2n) is 21.8. The zero-order valence-corrected chi connectivity index (χ0v) is 48.1. The molecule has 0 aliphatic carbocycles. The lowest BCUT2D eigenvalue weighted by atomic mass is 10.0. The summed E-state index contributed by atoms with van der Waals surface area (Å²) >= 11 is 0. The number of aryl methyl sites for hydroxylation is 2. The average Bonchev–Trinajstić information content (AvgIpc) is 1.88. The molecule has 18 nitrogen and oxygen atoms in total. The molecule has 2 amide bonds. The summed E-state index contributed by atoms with van der Waals surface area (Å²) in [7, 11) is 3.22. The van der Waals surface area contributed by atoms with Crippen molar-refractivity contribution >= 4 is 73.8 Å². The van der Waals surface area contributed by atoms with E-state index in [0.29, 0.717) is 55.8 Å². The zero-order chi connectivity index (χ0) is 62.6. The number of ether oxygens (including phenoxy) is 2. The van der Waals surface area contributed by atoms with E-state index >= 15 is 0 Å². The van der Waals surface area contributed by atoms with Gasteiger partial charge in [-0.15, -0.1) is 0 Å². The zero-order valence-electron chi connectivity index (χ0n) is 48.1. The van der Waals surface area contributed by atoms with Gasteiger partial charge in [0.05, 0.1) is 22.4 Å². The number of fused-ring (bicyclic) bond motifs is 3. The molecule has 0 saturated heterocycles. The maximum Gasteiger partial charge on any atom is 0.419 e. The fourth-order valence-electron chi connectivity index (χ4n) is 9.40. The summed E-state index contributed by atoms with van der Waals surface area (Å²) in [6, 6.07) is 39.0. The second kappa shape index (κ2) is 25.0. The SMILES string of the molecule is CC(C)(C)OC(=O)n1c(-c2ccccc2C(F)F)cc2ccc(N)cc21.Cn1ncnc1C(=O)Nc1ccc2cc(-c3ccccc3C(F)F)[nH]c2c1.Cn1ncnc1C(=O)Nc1ccc2cc(-c3ccccc3C(F)F)n(C(=O)OC(C)(C)C)c2c1. The van der Waals surface area contributed by atoms with E-state index in [2.05, 4.69) is 35.8 Å². The molecule has 11 aromatic rings. The number of hydrogen-bond donors (Lipinski definition) is 4. The van der Waals surface area contributed by atoms with Gasteiger partial charge in [-0.2, -0.15) is 10.2 Å². The summed E-state index contributed by atoms with van der Waals surface area (Å²) < 4.78 is 97.4. The fourth-order valence-corrected chi connectivity index (χ4v) is 9.40. The van der Waals surface area contributed by atoms with E-state index in [9.17, 15) is 45.5 Å². The molecule has 0 spiro atoms. The number of amides is 2. The highest BCUT2D eigenvalue weighted by molar-refractivity contribution is 6.05. The number of benzene rings is 6. The molecule has 5 heterocycles. The average molecular weight is 1190 g/mol. The largest absolute Gasteiger partial charge is 0.443 e. The first-order valence-electron chi connectivity index (χ1n) is 26.8. The molecule has 0 aliphatic rings. The molecular formula is C63H58F6N12O6. The minimum Gasteiger partial charge on any atom is -0.443 e. The number of nitrogens with two attached hydrogens (primary N) is 1. The lowest BCUT2D eigenvalue weighted by molar-refractivity contribution is 0.0535. The van der Waals surface area contributed by atoms with Gasteiger partial charge in [-0.05, 0) is 96.1 Å². The first-order chi connectivity index (χ1) is 41.2. The van der Waals surface area contributed by atoms with E-state index < -0.39 is 48.6 Å². The Bertz CT molecular complexity index is 4360. The van der Waals surface area contributed by atoms with E-state index in [-0.39, 0.29) is 51.1 Å². The molecule has 11 rings (SSSR count). The maximum atomic E-state index is 13.8. The highest BCUT2D eigenvalue weighted by Gasteiger charge is 2.28. The summed E-state index contributed by atoms with van der Waals surface area (Å²) in [5.41, 5.74) is 9.13. The minimum absolute atomic E-state index is 0.0279. The Labute approximate surface area is 493 Å². The molecule has 0 aliphatic heterocycles. The smallest absolute Gasteiger partial charge is 0.419 e. The van der Waals surface area contributed by atoms with Crippen LogP contribution < -0.4 is 16.4 Å². The van der Waals surface area contributed by atoms with Crippen molar-refractivity contribution in [3.05, 3.63) is 187 Å². The quantitative estimate of drug-likeness (QED) is 0.0744.